The van der Waals surface area contributed by atoms with Crippen LogP contribution in [0.25, 0.3) is 11.1 Å². The Morgan fingerprint density at radius 1 is 1.08 bits per heavy atom. The van der Waals surface area contributed by atoms with E-state index >= 15 is 0 Å². The van der Waals surface area contributed by atoms with Crippen LogP contribution in [0.2, 0.25) is 5.02 Å². The van der Waals surface area contributed by atoms with Crippen molar-refractivity contribution in [2.45, 2.75) is 61.6 Å². The van der Waals surface area contributed by atoms with Gasteiger partial charge in [0.05, 0.1) is 6.10 Å². The third-order valence-corrected chi connectivity index (χ3v) is 8.43. The predicted molar refractivity (Wildman–Crippen MR) is 151 cm³/mol. The van der Waals surface area contributed by atoms with Crippen LogP contribution in [0.1, 0.15) is 49.7 Å². The second kappa shape index (κ2) is 11.6. The lowest BCUT2D eigenvalue weighted by Gasteiger charge is -2.23. The van der Waals surface area contributed by atoms with Crippen LogP contribution in [0.3, 0.4) is 0 Å². The lowest BCUT2D eigenvalue weighted by atomic mass is 9.94. The summed E-state index contributed by atoms with van der Waals surface area (Å²) in [5.41, 5.74) is 4.69. The zero-order valence-electron chi connectivity index (χ0n) is 21.3. The standard InChI is InChI=1S/C30H36ClN3OS/c1-34(2)17-5-6-18-36-24-11-12-28(31)22(19-24)20-33-30(14-15-30)27-21-32-16-13-25(27)26-7-3-4-8-29(26)35-23-9-10-23/h3-4,7-8,11-13,16,19,21,23,33H,5-6,9-10,14-15,17-18,20H2,1-2H3. The van der Waals surface area contributed by atoms with Crippen molar-refractivity contribution in [2.75, 3.05) is 26.4 Å². The molecule has 1 heterocycles. The number of ether oxygens (including phenoxy) is 1. The van der Waals surface area contributed by atoms with E-state index in [0.29, 0.717) is 6.10 Å². The molecule has 0 amide bonds. The summed E-state index contributed by atoms with van der Waals surface area (Å²) in [6.07, 6.45) is 11.2. The van der Waals surface area contributed by atoms with Gasteiger partial charge in [0, 0.05) is 40.0 Å². The number of unbranched alkanes of at least 4 members (excludes halogenated alkanes) is 1. The van der Waals surface area contributed by atoms with Gasteiger partial charge >= 0.3 is 0 Å². The lowest BCUT2D eigenvalue weighted by Crippen LogP contribution is -2.29. The summed E-state index contributed by atoms with van der Waals surface area (Å²) in [5.74, 6) is 2.11. The van der Waals surface area contributed by atoms with Gasteiger partial charge in [-0.2, -0.15) is 0 Å². The smallest absolute Gasteiger partial charge is 0.127 e. The van der Waals surface area contributed by atoms with Crippen molar-refractivity contribution >= 4 is 23.4 Å². The number of para-hydroxylation sites is 1. The normalized spacial score (nSPS) is 16.3. The maximum absolute atomic E-state index is 6.63. The molecule has 2 aliphatic carbocycles. The van der Waals surface area contributed by atoms with Gasteiger partial charge in [0.25, 0.3) is 0 Å². The number of rotatable bonds is 13. The topological polar surface area (TPSA) is 37.4 Å². The third kappa shape index (κ3) is 6.44. The van der Waals surface area contributed by atoms with Crippen molar-refractivity contribution in [1.82, 2.24) is 15.2 Å². The van der Waals surface area contributed by atoms with Crippen LogP contribution in [0.4, 0.5) is 0 Å². The summed E-state index contributed by atoms with van der Waals surface area (Å²) >= 11 is 8.55. The maximum atomic E-state index is 6.63. The average molecular weight is 522 g/mol. The van der Waals surface area contributed by atoms with Crippen molar-refractivity contribution in [3.63, 3.8) is 0 Å². The van der Waals surface area contributed by atoms with Crippen molar-refractivity contribution in [1.29, 1.82) is 0 Å². The second-order valence-electron chi connectivity index (χ2n) is 10.3. The molecule has 6 heteroatoms. The molecule has 0 saturated heterocycles. The first-order valence-corrected chi connectivity index (χ1v) is 14.4. The molecule has 3 aromatic rings. The molecule has 4 nitrogen and oxygen atoms in total. The molecule has 1 N–H and O–H groups in total. The molecule has 190 valence electrons. The average Bonchev–Trinajstić information content (AvgIpc) is 3.81. The zero-order chi connectivity index (χ0) is 25.0. The fourth-order valence-electron chi connectivity index (χ4n) is 4.60. The largest absolute Gasteiger partial charge is 0.490 e. The van der Waals surface area contributed by atoms with E-state index < -0.39 is 0 Å². The molecule has 0 aliphatic heterocycles. The van der Waals surface area contributed by atoms with Gasteiger partial charge in [0.1, 0.15) is 5.75 Å². The Kier molecular flexibility index (Phi) is 8.22. The number of benzene rings is 2. The van der Waals surface area contributed by atoms with E-state index in [1.165, 1.54) is 28.9 Å². The molecule has 0 unspecified atom stereocenters. The van der Waals surface area contributed by atoms with E-state index in [0.717, 1.165) is 66.4 Å². The van der Waals surface area contributed by atoms with E-state index in [9.17, 15) is 0 Å². The summed E-state index contributed by atoms with van der Waals surface area (Å²) < 4.78 is 6.25. The van der Waals surface area contributed by atoms with Crippen LogP contribution in [0.15, 0.2) is 65.8 Å². The first kappa shape index (κ1) is 25.6. The van der Waals surface area contributed by atoms with Crippen LogP contribution in [-0.4, -0.2) is 42.4 Å². The first-order chi connectivity index (χ1) is 17.5. The van der Waals surface area contributed by atoms with Crippen molar-refractivity contribution in [2.24, 2.45) is 0 Å². The Morgan fingerprint density at radius 3 is 2.69 bits per heavy atom. The molecule has 1 aromatic heterocycles. The highest BCUT2D eigenvalue weighted by Crippen LogP contribution is 2.50. The molecule has 36 heavy (non-hydrogen) atoms. The Morgan fingerprint density at radius 2 is 1.92 bits per heavy atom. The molecule has 2 aliphatic rings. The van der Waals surface area contributed by atoms with Crippen LogP contribution < -0.4 is 10.1 Å². The van der Waals surface area contributed by atoms with E-state index in [-0.39, 0.29) is 5.54 Å². The Hall–Kier alpha value is -2.05. The molecular formula is C30H36ClN3OS. The monoisotopic (exact) mass is 521 g/mol. The lowest BCUT2D eigenvalue weighted by molar-refractivity contribution is 0.304. The van der Waals surface area contributed by atoms with Gasteiger partial charge in [-0.15, -0.1) is 11.8 Å². The Labute approximate surface area is 224 Å². The quantitative estimate of drug-likeness (QED) is 0.191. The number of nitrogens with zero attached hydrogens (tertiary/aromatic N) is 2. The fraction of sp³-hybridized carbons (Fsp3) is 0.433. The Balaban J connectivity index is 1.28. The minimum atomic E-state index is -0.0745. The molecule has 5 rings (SSSR count). The van der Waals surface area contributed by atoms with Crippen LogP contribution in [0, 0.1) is 0 Å². The number of aromatic nitrogens is 1. The molecule has 2 saturated carbocycles. The van der Waals surface area contributed by atoms with Gasteiger partial charge < -0.3 is 15.0 Å². The van der Waals surface area contributed by atoms with E-state index in [4.69, 9.17) is 16.3 Å². The zero-order valence-corrected chi connectivity index (χ0v) is 22.9. The molecule has 0 radical (unpaired) electrons. The third-order valence-electron chi connectivity index (χ3n) is 6.98. The number of nitrogens with one attached hydrogen (secondary N) is 1. The fourth-order valence-corrected chi connectivity index (χ4v) is 5.75. The number of hydrogen-bond acceptors (Lipinski definition) is 5. The number of hydrogen-bond donors (Lipinski definition) is 1. The minimum absolute atomic E-state index is 0.0745. The van der Waals surface area contributed by atoms with Crippen molar-refractivity contribution < 1.29 is 4.74 Å². The van der Waals surface area contributed by atoms with Gasteiger partial charge in [-0.1, -0.05) is 29.8 Å². The van der Waals surface area contributed by atoms with E-state index in [1.54, 1.807) is 0 Å². The SMILES string of the molecule is CN(C)CCCCSc1ccc(Cl)c(CNC2(c3cnccc3-c3ccccc3OC3CC3)CC2)c1. The summed E-state index contributed by atoms with van der Waals surface area (Å²) in [6, 6.07) is 17.0. The van der Waals surface area contributed by atoms with Gasteiger partial charge in [0.15, 0.2) is 0 Å². The predicted octanol–water partition coefficient (Wildman–Crippen LogP) is 7.16. The molecule has 2 fully saturated rings. The highest BCUT2D eigenvalue weighted by atomic mass is 35.5. The van der Waals surface area contributed by atoms with E-state index in [1.807, 2.05) is 30.2 Å². The number of halogens is 1. The van der Waals surface area contributed by atoms with Gasteiger partial charge in [-0.05, 0) is 112 Å². The van der Waals surface area contributed by atoms with Crippen LogP contribution >= 0.6 is 23.4 Å². The summed E-state index contributed by atoms with van der Waals surface area (Å²) in [7, 11) is 4.26. The highest BCUT2D eigenvalue weighted by Gasteiger charge is 2.45. The summed E-state index contributed by atoms with van der Waals surface area (Å²) in [5, 5.41) is 4.69. The van der Waals surface area contributed by atoms with Gasteiger partial charge in [0.2, 0.25) is 0 Å². The number of thioether (sulfide) groups is 1. The van der Waals surface area contributed by atoms with Crippen molar-refractivity contribution in [3.05, 3.63) is 77.1 Å². The van der Waals surface area contributed by atoms with Gasteiger partial charge in [-0.25, -0.2) is 0 Å². The van der Waals surface area contributed by atoms with E-state index in [2.05, 4.69) is 71.8 Å². The first-order valence-electron chi connectivity index (χ1n) is 13.1. The summed E-state index contributed by atoms with van der Waals surface area (Å²) in [6.45, 7) is 1.88. The highest BCUT2D eigenvalue weighted by molar-refractivity contribution is 7.99. The molecule has 2 aromatic carbocycles. The maximum Gasteiger partial charge on any atom is 0.127 e. The van der Waals surface area contributed by atoms with Crippen LogP contribution in [-0.2, 0) is 12.1 Å². The minimum Gasteiger partial charge on any atom is -0.490 e. The molecule has 0 atom stereocenters. The molecular weight excluding hydrogens is 486 g/mol. The van der Waals surface area contributed by atoms with Crippen molar-refractivity contribution in [3.8, 4) is 16.9 Å². The summed E-state index contributed by atoms with van der Waals surface area (Å²) in [4.78, 5) is 8.05. The molecule has 0 bridgehead atoms. The second-order valence-corrected chi connectivity index (χ2v) is 11.9. The number of pyridine rings is 1. The Bertz CT molecular complexity index is 1180. The van der Waals surface area contributed by atoms with Crippen LogP contribution in [0.5, 0.6) is 5.75 Å². The van der Waals surface area contributed by atoms with Gasteiger partial charge in [-0.3, -0.25) is 4.98 Å². The molecule has 0 spiro atoms.